The Morgan fingerprint density at radius 1 is 0.537 bits per heavy atom. The van der Waals surface area contributed by atoms with Crippen molar-refractivity contribution in [2.24, 2.45) is 0 Å². The fourth-order valence-corrected chi connectivity index (χ4v) is 8.67. The first-order chi connectivity index (χ1) is 32.4. The molecule has 10 heteroatoms. The number of esters is 1. The van der Waals surface area contributed by atoms with E-state index in [1.807, 2.05) is 33.3 Å². The second-order valence-corrected chi connectivity index (χ2v) is 21.5. The normalized spacial score (nSPS) is 14.2. The van der Waals surface area contributed by atoms with Crippen LogP contribution in [0.1, 0.15) is 252 Å². The van der Waals surface area contributed by atoms with Crippen LogP contribution in [-0.2, 0) is 27.9 Å². The molecule has 1 N–H and O–H groups in total. The van der Waals surface area contributed by atoms with E-state index in [1.165, 1.54) is 128 Å². The maximum atomic E-state index is 13.5. The summed E-state index contributed by atoms with van der Waals surface area (Å²) in [6.45, 7) is 6.71. The van der Waals surface area contributed by atoms with E-state index in [-0.39, 0.29) is 24.9 Å². The van der Waals surface area contributed by atoms with Crippen molar-refractivity contribution in [3.63, 3.8) is 0 Å². The van der Waals surface area contributed by atoms with E-state index in [0.29, 0.717) is 23.9 Å². The number of amides is 1. The molecule has 1 amide bonds. The van der Waals surface area contributed by atoms with Crippen LogP contribution in [0.15, 0.2) is 48.6 Å². The Hall–Kier alpha value is -2.03. The number of phosphoric ester groups is 1. The molecular weight excluding hydrogens is 856 g/mol. The van der Waals surface area contributed by atoms with Gasteiger partial charge in [0.15, 0.2) is 0 Å². The molecule has 0 bridgehead atoms. The minimum Gasteiger partial charge on any atom is -0.756 e. The number of nitrogens with one attached hydrogen (secondary N) is 1. The van der Waals surface area contributed by atoms with Gasteiger partial charge in [0.1, 0.15) is 19.3 Å². The van der Waals surface area contributed by atoms with Gasteiger partial charge in [-0.15, -0.1) is 0 Å². The van der Waals surface area contributed by atoms with Crippen molar-refractivity contribution in [2.75, 3.05) is 40.9 Å². The quantitative estimate of drug-likeness (QED) is 0.0212. The average Bonchev–Trinajstić information content (AvgIpc) is 3.28. The van der Waals surface area contributed by atoms with Crippen molar-refractivity contribution in [3.05, 3.63) is 48.6 Å². The molecule has 0 rings (SSSR count). The van der Waals surface area contributed by atoms with Gasteiger partial charge in [-0.3, -0.25) is 14.2 Å². The molecule has 0 saturated carbocycles. The molecule has 0 aliphatic heterocycles. The van der Waals surface area contributed by atoms with Crippen LogP contribution in [0, 0.1) is 0 Å². The second kappa shape index (κ2) is 47.6. The molecule has 392 valence electrons. The van der Waals surface area contributed by atoms with Crippen molar-refractivity contribution < 1.29 is 37.3 Å². The smallest absolute Gasteiger partial charge is 0.306 e. The molecule has 9 nitrogen and oxygen atoms in total. The molecule has 0 aromatic carbocycles. The van der Waals surface area contributed by atoms with E-state index in [1.54, 1.807) is 0 Å². The van der Waals surface area contributed by atoms with Crippen LogP contribution < -0.4 is 10.2 Å². The Labute approximate surface area is 414 Å². The molecule has 0 aliphatic carbocycles. The number of quaternary nitrogens is 1. The third-order valence-corrected chi connectivity index (χ3v) is 13.2. The van der Waals surface area contributed by atoms with E-state index in [9.17, 15) is 19.0 Å². The predicted molar refractivity (Wildman–Crippen MR) is 284 cm³/mol. The van der Waals surface area contributed by atoms with Crippen molar-refractivity contribution in [1.29, 1.82) is 0 Å². The lowest BCUT2D eigenvalue weighted by Gasteiger charge is -2.30. The molecular formula is C57H107N2O7P. The molecule has 0 aromatic heterocycles. The molecule has 0 fully saturated rings. The summed E-state index contributed by atoms with van der Waals surface area (Å²) in [5, 5.41) is 3.01. The summed E-state index contributed by atoms with van der Waals surface area (Å²) >= 11 is 0. The van der Waals surface area contributed by atoms with Crippen LogP contribution in [0.4, 0.5) is 0 Å². The number of likely N-dealkylation sites (N-methyl/N-ethyl adjacent to an activating group) is 1. The Balaban J connectivity index is 5.35. The van der Waals surface area contributed by atoms with Gasteiger partial charge >= 0.3 is 5.97 Å². The topological polar surface area (TPSA) is 114 Å². The largest absolute Gasteiger partial charge is 0.756 e. The third kappa shape index (κ3) is 48.8. The van der Waals surface area contributed by atoms with Gasteiger partial charge in [-0.1, -0.05) is 224 Å². The van der Waals surface area contributed by atoms with Gasteiger partial charge in [0, 0.05) is 12.8 Å². The van der Waals surface area contributed by atoms with Gasteiger partial charge in [0.05, 0.1) is 33.8 Å². The number of rotatable bonds is 50. The van der Waals surface area contributed by atoms with E-state index >= 15 is 0 Å². The van der Waals surface area contributed by atoms with Crippen LogP contribution in [0.2, 0.25) is 0 Å². The summed E-state index contributed by atoms with van der Waals surface area (Å²) in [7, 11) is 1.17. The fourth-order valence-electron chi connectivity index (χ4n) is 7.95. The van der Waals surface area contributed by atoms with E-state index in [4.69, 9.17) is 13.8 Å². The standard InChI is InChI=1S/C57H107N2O7P/c1-7-10-13-16-19-22-25-27-29-30-31-34-37-40-43-46-49-56(60)58-54(53-65-67(62,63)64-52-51-59(4,5)6)55(48-45-42-39-36-33-24-21-18-15-12-9-3)66-57(61)50-47-44-41-38-35-32-28-26-23-20-17-14-11-8-2/h11,14,20,23,28,32,45,48,54-55H,7-10,12-13,15-19,21-22,24-27,29-31,33-44,46-47,49-53H2,1-6H3,(H-,58,60,62,63)/b14-11+,23-20+,32-28+,48-45+. The fraction of sp³-hybridized carbons (Fsp3) is 0.825. The summed E-state index contributed by atoms with van der Waals surface area (Å²) < 4.78 is 30.2. The van der Waals surface area contributed by atoms with Gasteiger partial charge in [0.25, 0.3) is 7.82 Å². The summed E-state index contributed by atoms with van der Waals surface area (Å²) in [6, 6.07) is -0.893. The van der Waals surface area contributed by atoms with Crippen LogP contribution in [0.3, 0.4) is 0 Å². The van der Waals surface area contributed by atoms with E-state index in [2.05, 4.69) is 62.5 Å². The Morgan fingerprint density at radius 3 is 1.43 bits per heavy atom. The molecule has 0 heterocycles. The number of allylic oxidation sites excluding steroid dienone is 7. The van der Waals surface area contributed by atoms with Gasteiger partial charge < -0.3 is 28.5 Å². The van der Waals surface area contributed by atoms with Crippen LogP contribution in [0.25, 0.3) is 0 Å². The first-order valence-electron chi connectivity index (χ1n) is 27.9. The highest BCUT2D eigenvalue weighted by molar-refractivity contribution is 7.45. The molecule has 67 heavy (non-hydrogen) atoms. The van der Waals surface area contributed by atoms with Gasteiger partial charge in [-0.25, -0.2) is 0 Å². The lowest BCUT2D eigenvalue weighted by atomic mass is 10.0. The number of ether oxygens (including phenoxy) is 1. The maximum absolute atomic E-state index is 13.5. The SMILES string of the molecule is CC/C=C/C/C=C/C/C=C/CCCCCCC(=O)OC(/C=C/CCCCCCCCCCC)C(COP(=O)([O-])OCC[N+](C)(C)C)NC(=O)CCCCCCCCCCCCCCCCCC. The van der Waals surface area contributed by atoms with Crippen molar-refractivity contribution in [3.8, 4) is 0 Å². The monoisotopic (exact) mass is 963 g/mol. The first-order valence-corrected chi connectivity index (χ1v) is 29.4. The first kappa shape index (κ1) is 65.0. The Morgan fingerprint density at radius 2 is 0.955 bits per heavy atom. The minimum atomic E-state index is -4.69. The van der Waals surface area contributed by atoms with E-state index in [0.717, 1.165) is 83.5 Å². The van der Waals surface area contributed by atoms with Crippen LogP contribution >= 0.6 is 7.82 Å². The van der Waals surface area contributed by atoms with Crippen molar-refractivity contribution in [1.82, 2.24) is 5.32 Å². The number of carbonyl (C=O) groups is 2. The lowest BCUT2D eigenvalue weighted by molar-refractivity contribution is -0.870. The van der Waals surface area contributed by atoms with Crippen LogP contribution in [-0.4, -0.2) is 69.4 Å². The summed E-state index contributed by atoms with van der Waals surface area (Å²) in [5.74, 6) is -0.562. The highest BCUT2D eigenvalue weighted by Gasteiger charge is 2.27. The zero-order valence-electron chi connectivity index (χ0n) is 44.6. The zero-order valence-corrected chi connectivity index (χ0v) is 45.5. The number of carbonyl (C=O) groups excluding carboxylic acids is 2. The third-order valence-electron chi connectivity index (χ3n) is 12.3. The van der Waals surface area contributed by atoms with Crippen LogP contribution in [0.5, 0.6) is 0 Å². The minimum absolute atomic E-state index is 0.0254. The van der Waals surface area contributed by atoms with Gasteiger partial charge in [-0.05, 0) is 63.9 Å². The average molecular weight is 963 g/mol. The highest BCUT2D eigenvalue weighted by atomic mass is 31.2. The molecule has 0 radical (unpaired) electrons. The second-order valence-electron chi connectivity index (χ2n) is 20.1. The van der Waals surface area contributed by atoms with E-state index < -0.39 is 26.6 Å². The number of phosphoric acid groups is 1. The molecule has 0 spiro atoms. The zero-order chi connectivity index (χ0) is 49.4. The summed E-state index contributed by atoms with van der Waals surface area (Å²) in [6.07, 6.45) is 56.4. The number of hydrogen-bond acceptors (Lipinski definition) is 7. The Bertz CT molecular complexity index is 1290. The molecule has 0 saturated heterocycles. The maximum Gasteiger partial charge on any atom is 0.306 e. The molecule has 0 aliphatic rings. The predicted octanol–water partition coefficient (Wildman–Crippen LogP) is 15.9. The van der Waals surface area contributed by atoms with Gasteiger partial charge in [0.2, 0.25) is 5.91 Å². The van der Waals surface area contributed by atoms with Crippen molar-refractivity contribution in [2.45, 2.75) is 264 Å². The molecule has 0 aromatic rings. The summed E-state index contributed by atoms with van der Waals surface area (Å²) in [5.41, 5.74) is 0. The lowest BCUT2D eigenvalue weighted by Crippen LogP contribution is -2.47. The number of nitrogens with zero attached hydrogens (tertiary/aromatic N) is 1. The molecule has 3 atom stereocenters. The van der Waals surface area contributed by atoms with Gasteiger partial charge in [-0.2, -0.15) is 0 Å². The van der Waals surface area contributed by atoms with Crippen molar-refractivity contribution >= 4 is 19.7 Å². The summed E-state index contributed by atoms with van der Waals surface area (Å²) in [4.78, 5) is 39.8. The number of hydrogen-bond donors (Lipinski definition) is 1. The molecule has 3 unspecified atom stereocenters. The Kier molecular flexibility index (Phi) is 46.2. The highest BCUT2D eigenvalue weighted by Crippen LogP contribution is 2.38. The number of unbranched alkanes of at least 4 members (excludes halogenated alkanes) is 28.